The normalized spacial score (nSPS) is 14.9. The van der Waals surface area contributed by atoms with Gasteiger partial charge in [-0.15, -0.1) is 11.3 Å². The molecule has 9 nitrogen and oxygen atoms in total. The van der Waals surface area contributed by atoms with Gasteiger partial charge in [-0.25, -0.2) is 9.97 Å². The summed E-state index contributed by atoms with van der Waals surface area (Å²) in [5, 5.41) is 3.32. The van der Waals surface area contributed by atoms with Gasteiger partial charge in [-0.2, -0.15) is 0 Å². The van der Waals surface area contributed by atoms with Gasteiger partial charge in [0.25, 0.3) is 5.91 Å². The number of amides is 1. The number of piperidine rings is 1. The molecule has 1 amide bonds. The van der Waals surface area contributed by atoms with E-state index in [0.717, 1.165) is 42.1 Å². The summed E-state index contributed by atoms with van der Waals surface area (Å²) in [5.74, 6) is 2.22. The zero-order valence-electron chi connectivity index (χ0n) is 21.3. The Labute approximate surface area is 219 Å². The number of thiophene rings is 1. The number of hydrogen-bond donors (Lipinski definition) is 3. The number of anilines is 2. The Hall–Kier alpha value is -3.47. The van der Waals surface area contributed by atoms with E-state index in [-0.39, 0.29) is 12.6 Å². The molecule has 4 heterocycles. The second kappa shape index (κ2) is 10.5. The number of rotatable bonds is 8. The number of likely N-dealkylation sites (tertiary alicyclic amines) is 1. The highest BCUT2D eigenvalue weighted by Gasteiger charge is 2.23. The van der Waals surface area contributed by atoms with Crippen LogP contribution < -0.4 is 21.5 Å². The number of aromatic nitrogens is 2. The molecule has 1 saturated heterocycles. The van der Waals surface area contributed by atoms with Crippen LogP contribution in [0.1, 0.15) is 53.6 Å². The summed E-state index contributed by atoms with van der Waals surface area (Å²) >= 11 is 1.24. The third-order valence-electron chi connectivity index (χ3n) is 6.57. The van der Waals surface area contributed by atoms with Gasteiger partial charge in [-0.05, 0) is 82.6 Å². The maximum atomic E-state index is 12.2. The van der Waals surface area contributed by atoms with Gasteiger partial charge in [0.2, 0.25) is 5.95 Å². The van der Waals surface area contributed by atoms with Gasteiger partial charge in [0.1, 0.15) is 22.1 Å². The summed E-state index contributed by atoms with van der Waals surface area (Å²) in [7, 11) is 2.17. The number of nitrogens with zero attached hydrogens (tertiary/aromatic N) is 3. The number of benzene rings is 1. The molecule has 4 aromatic rings. The number of primary amides is 1. The van der Waals surface area contributed by atoms with Crippen molar-refractivity contribution in [1.29, 1.82) is 0 Å². The predicted molar refractivity (Wildman–Crippen MR) is 146 cm³/mol. The molecule has 5 N–H and O–H groups in total. The molecule has 0 spiro atoms. The standard InChI is InChI=1S/C27H32N6O3S/c1-15(2)35-21-12-17(16-8-10-33(3)11-9-16)4-6-19(21)31-27-30-14-22-24(32-27)23(25(37-22)26(29)34)20-7-5-18(13-28)36-20/h4-7,12,14-16H,8-11,13,28H2,1-3H3,(H2,29,34)(H,30,31,32). The first kappa shape index (κ1) is 25.2. The Morgan fingerprint density at radius 2 is 2.05 bits per heavy atom. The van der Waals surface area contributed by atoms with Crippen molar-refractivity contribution in [1.82, 2.24) is 14.9 Å². The first-order valence-electron chi connectivity index (χ1n) is 12.5. The van der Waals surface area contributed by atoms with Crippen LogP contribution >= 0.6 is 11.3 Å². The molecule has 37 heavy (non-hydrogen) atoms. The lowest BCUT2D eigenvalue weighted by molar-refractivity contribution is 0.100. The van der Waals surface area contributed by atoms with Crippen molar-refractivity contribution in [2.75, 3.05) is 25.5 Å². The van der Waals surface area contributed by atoms with Gasteiger partial charge in [0.05, 0.1) is 40.3 Å². The average Bonchev–Trinajstić information content (AvgIpc) is 3.49. The number of furan rings is 1. The minimum atomic E-state index is -0.546. The van der Waals surface area contributed by atoms with E-state index in [4.69, 9.17) is 25.6 Å². The number of carbonyl (C=O) groups excluding carboxylic acids is 1. The van der Waals surface area contributed by atoms with Crippen molar-refractivity contribution in [3.63, 3.8) is 0 Å². The SMILES string of the molecule is CC(C)Oc1cc(C2CCN(C)CC2)ccc1Nc1ncc2sc(C(N)=O)c(-c3ccc(CN)o3)c2n1. The van der Waals surface area contributed by atoms with Crippen molar-refractivity contribution in [2.45, 2.75) is 45.3 Å². The van der Waals surface area contributed by atoms with Crippen molar-refractivity contribution >= 4 is 39.1 Å². The molecule has 194 valence electrons. The van der Waals surface area contributed by atoms with Crippen LogP contribution in [0.4, 0.5) is 11.6 Å². The molecule has 10 heteroatoms. The van der Waals surface area contributed by atoms with Crippen molar-refractivity contribution in [2.24, 2.45) is 11.5 Å². The first-order chi connectivity index (χ1) is 17.8. The number of fused-ring (bicyclic) bond motifs is 1. The number of nitrogens with two attached hydrogens (primary N) is 2. The quantitative estimate of drug-likeness (QED) is 0.300. The monoisotopic (exact) mass is 520 g/mol. The summed E-state index contributed by atoms with van der Waals surface area (Å²) in [6.45, 7) is 6.46. The van der Waals surface area contributed by atoms with Crippen LogP contribution in [0.3, 0.4) is 0 Å². The summed E-state index contributed by atoms with van der Waals surface area (Å²) in [4.78, 5) is 24.2. The van der Waals surface area contributed by atoms with E-state index in [2.05, 4.69) is 34.4 Å². The van der Waals surface area contributed by atoms with E-state index in [9.17, 15) is 4.79 Å². The summed E-state index contributed by atoms with van der Waals surface area (Å²) in [6.07, 6.45) is 3.96. The van der Waals surface area contributed by atoms with Crippen LogP contribution in [0.15, 0.2) is 40.9 Å². The van der Waals surface area contributed by atoms with Crippen LogP contribution in [-0.2, 0) is 6.54 Å². The fourth-order valence-corrected chi connectivity index (χ4v) is 5.66. The second-order valence-corrected chi connectivity index (χ2v) is 10.7. The van der Waals surface area contributed by atoms with E-state index in [1.54, 1.807) is 18.3 Å². The third-order valence-corrected chi connectivity index (χ3v) is 7.70. The predicted octanol–water partition coefficient (Wildman–Crippen LogP) is 4.85. The van der Waals surface area contributed by atoms with Crippen LogP contribution in [-0.4, -0.2) is 47.0 Å². The highest BCUT2D eigenvalue weighted by Crippen LogP contribution is 2.40. The van der Waals surface area contributed by atoms with Gasteiger partial charge < -0.3 is 30.8 Å². The van der Waals surface area contributed by atoms with Gasteiger partial charge in [0.15, 0.2) is 0 Å². The molecular formula is C27H32N6O3S. The minimum absolute atomic E-state index is 0.00832. The van der Waals surface area contributed by atoms with E-state index in [1.165, 1.54) is 16.9 Å². The number of hydrogen-bond acceptors (Lipinski definition) is 9. The zero-order chi connectivity index (χ0) is 26.1. The molecule has 0 radical (unpaired) electrons. The van der Waals surface area contributed by atoms with Gasteiger partial charge in [-0.3, -0.25) is 4.79 Å². The second-order valence-electron chi connectivity index (χ2n) is 9.67. The molecule has 1 aliphatic heterocycles. The molecule has 0 aliphatic carbocycles. The van der Waals surface area contributed by atoms with Gasteiger partial charge in [0, 0.05) is 0 Å². The van der Waals surface area contributed by atoms with Gasteiger partial charge >= 0.3 is 0 Å². The van der Waals surface area contributed by atoms with Crippen molar-refractivity contribution in [3.05, 3.63) is 52.7 Å². The maximum Gasteiger partial charge on any atom is 0.259 e. The van der Waals surface area contributed by atoms with E-state index in [1.807, 2.05) is 19.9 Å². The van der Waals surface area contributed by atoms with Gasteiger partial charge in [-0.1, -0.05) is 6.07 Å². The Bertz CT molecular complexity index is 1420. The van der Waals surface area contributed by atoms with Crippen molar-refractivity contribution in [3.8, 4) is 17.1 Å². The summed E-state index contributed by atoms with van der Waals surface area (Å²) in [6, 6.07) is 9.88. The third kappa shape index (κ3) is 5.31. The molecule has 5 rings (SSSR count). The maximum absolute atomic E-state index is 12.2. The van der Waals surface area contributed by atoms with Crippen LogP contribution in [0.25, 0.3) is 21.5 Å². The largest absolute Gasteiger partial charge is 0.489 e. The molecule has 0 bridgehead atoms. The highest BCUT2D eigenvalue weighted by molar-refractivity contribution is 7.21. The Kier molecular flexibility index (Phi) is 7.14. The number of ether oxygens (including phenoxy) is 1. The Balaban J connectivity index is 1.51. The molecular weight excluding hydrogens is 488 g/mol. The summed E-state index contributed by atoms with van der Waals surface area (Å²) < 4.78 is 12.8. The van der Waals surface area contributed by atoms with Crippen LogP contribution in [0.5, 0.6) is 5.75 Å². The molecule has 0 atom stereocenters. The molecule has 3 aromatic heterocycles. The van der Waals surface area contributed by atoms with E-state index < -0.39 is 5.91 Å². The highest BCUT2D eigenvalue weighted by atomic mass is 32.1. The average molecular weight is 521 g/mol. The Morgan fingerprint density at radius 1 is 1.27 bits per heavy atom. The number of nitrogens with one attached hydrogen (secondary N) is 1. The first-order valence-corrected chi connectivity index (χ1v) is 13.3. The smallest absolute Gasteiger partial charge is 0.259 e. The van der Waals surface area contributed by atoms with Crippen molar-refractivity contribution < 1.29 is 13.9 Å². The molecule has 1 aliphatic rings. The zero-order valence-corrected chi connectivity index (χ0v) is 22.1. The lowest BCUT2D eigenvalue weighted by atomic mass is 9.89. The molecule has 1 aromatic carbocycles. The Morgan fingerprint density at radius 3 is 2.73 bits per heavy atom. The van der Waals surface area contributed by atoms with E-state index in [0.29, 0.717) is 39.3 Å². The number of carbonyl (C=O) groups is 1. The minimum Gasteiger partial charge on any atom is -0.489 e. The lowest BCUT2D eigenvalue weighted by Gasteiger charge is -2.29. The molecule has 0 unspecified atom stereocenters. The molecule has 0 saturated carbocycles. The van der Waals surface area contributed by atoms with Crippen LogP contribution in [0, 0.1) is 0 Å². The summed E-state index contributed by atoms with van der Waals surface area (Å²) in [5.41, 5.74) is 14.6. The lowest BCUT2D eigenvalue weighted by Crippen LogP contribution is -2.29. The fourth-order valence-electron chi connectivity index (χ4n) is 4.69. The molecule has 1 fully saturated rings. The van der Waals surface area contributed by atoms with E-state index >= 15 is 0 Å². The fraction of sp³-hybridized carbons (Fsp3) is 0.370. The van der Waals surface area contributed by atoms with Crippen LogP contribution in [0.2, 0.25) is 0 Å². The topological polar surface area (TPSA) is 133 Å².